The molecule has 3 rings (SSSR count). The van der Waals surface area contributed by atoms with Crippen molar-refractivity contribution in [2.45, 2.75) is 37.6 Å². The standard InChI is InChI=1S/C14H17FN4/c15-11-3-1-2-10(8-11)14-17-13(18-19-14)9-4-6-12(16)7-5-9/h1-3,8-9,12H,4-7,16H2,(H,17,18,19). The van der Waals surface area contributed by atoms with Crippen LogP contribution < -0.4 is 5.73 Å². The topological polar surface area (TPSA) is 67.6 Å². The summed E-state index contributed by atoms with van der Waals surface area (Å²) in [6, 6.07) is 6.66. The minimum atomic E-state index is -0.271. The summed E-state index contributed by atoms with van der Waals surface area (Å²) in [5.41, 5.74) is 6.60. The van der Waals surface area contributed by atoms with Crippen molar-refractivity contribution in [1.29, 1.82) is 0 Å². The highest BCUT2D eigenvalue weighted by Gasteiger charge is 2.23. The third-order valence-corrected chi connectivity index (χ3v) is 3.74. The molecule has 1 heterocycles. The van der Waals surface area contributed by atoms with E-state index in [0.717, 1.165) is 31.5 Å². The molecule has 1 aromatic carbocycles. The van der Waals surface area contributed by atoms with Crippen LogP contribution >= 0.6 is 0 Å². The zero-order valence-electron chi connectivity index (χ0n) is 10.6. The van der Waals surface area contributed by atoms with Gasteiger partial charge in [0.2, 0.25) is 0 Å². The lowest BCUT2D eigenvalue weighted by Crippen LogP contribution is -2.26. The van der Waals surface area contributed by atoms with Gasteiger partial charge in [0.1, 0.15) is 11.6 Å². The second-order valence-corrected chi connectivity index (χ2v) is 5.17. The highest BCUT2D eigenvalue weighted by atomic mass is 19.1. The quantitative estimate of drug-likeness (QED) is 0.872. The predicted octanol–water partition coefficient (Wildman–Crippen LogP) is 2.60. The second kappa shape index (κ2) is 5.09. The fourth-order valence-corrected chi connectivity index (χ4v) is 2.61. The fraction of sp³-hybridized carbons (Fsp3) is 0.429. The van der Waals surface area contributed by atoms with Gasteiger partial charge in [-0.2, -0.15) is 5.10 Å². The summed E-state index contributed by atoms with van der Waals surface area (Å²) in [4.78, 5) is 4.50. The summed E-state index contributed by atoms with van der Waals surface area (Å²) in [7, 11) is 0. The van der Waals surface area contributed by atoms with Crippen molar-refractivity contribution in [2.75, 3.05) is 0 Å². The third kappa shape index (κ3) is 2.66. The van der Waals surface area contributed by atoms with Crippen molar-refractivity contribution < 1.29 is 4.39 Å². The third-order valence-electron chi connectivity index (χ3n) is 3.74. The monoisotopic (exact) mass is 260 g/mol. The highest BCUT2D eigenvalue weighted by molar-refractivity contribution is 5.54. The Labute approximate surface area is 111 Å². The van der Waals surface area contributed by atoms with E-state index >= 15 is 0 Å². The van der Waals surface area contributed by atoms with Gasteiger partial charge in [-0.15, -0.1) is 0 Å². The van der Waals surface area contributed by atoms with Gasteiger partial charge in [-0.25, -0.2) is 9.37 Å². The molecule has 0 unspecified atom stereocenters. The number of nitrogens with two attached hydrogens (primary N) is 1. The Morgan fingerprint density at radius 3 is 2.74 bits per heavy atom. The smallest absolute Gasteiger partial charge is 0.181 e. The molecule has 0 amide bonds. The molecule has 0 radical (unpaired) electrons. The Hall–Kier alpha value is -1.75. The zero-order valence-corrected chi connectivity index (χ0v) is 10.6. The maximum atomic E-state index is 13.2. The lowest BCUT2D eigenvalue weighted by Gasteiger charge is -2.23. The first-order chi connectivity index (χ1) is 9.22. The summed E-state index contributed by atoms with van der Waals surface area (Å²) in [5.74, 6) is 1.58. The summed E-state index contributed by atoms with van der Waals surface area (Å²) in [6.07, 6.45) is 4.14. The molecule has 0 saturated heterocycles. The number of H-pyrrole nitrogens is 1. The molecule has 1 aromatic heterocycles. The van der Waals surface area contributed by atoms with Crippen molar-refractivity contribution in [3.05, 3.63) is 35.9 Å². The van der Waals surface area contributed by atoms with E-state index < -0.39 is 0 Å². The number of aromatic amines is 1. The van der Waals surface area contributed by atoms with Gasteiger partial charge in [0.15, 0.2) is 5.82 Å². The van der Waals surface area contributed by atoms with Crippen LogP contribution in [-0.4, -0.2) is 21.2 Å². The van der Waals surface area contributed by atoms with Gasteiger partial charge in [-0.3, -0.25) is 5.10 Å². The summed E-state index contributed by atoms with van der Waals surface area (Å²) in [6.45, 7) is 0. The van der Waals surface area contributed by atoms with Crippen LogP contribution in [0.15, 0.2) is 24.3 Å². The van der Waals surface area contributed by atoms with E-state index in [1.807, 2.05) is 6.07 Å². The number of benzene rings is 1. The number of aromatic nitrogens is 3. The van der Waals surface area contributed by atoms with Crippen LogP contribution in [0.3, 0.4) is 0 Å². The first-order valence-corrected chi connectivity index (χ1v) is 6.66. The first-order valence-electron chi connectivity index (χ1n) is 6.66. The molecular weight excluding hydrogens is 243 g/mol. The molecule has 5 heteroatoms. The van der Waals surface area contributed by atoms with E-state index in [2.05, 4.69) is 15.2 Å². The Morgan fingerprint density at radius 1 is 1.21 bits per heavy atom. The summed E-state index contributed by atoms with van der Waals surface area (Å²) in [5, 5.41) is 7.17. The molecule has 19 heavy (non-hydrogen) atoms. The molecule has 0 atom stereocenters. The maximum absolute atomic E-state index is 13.2. The lowest BCUT2D eigenvalue weighted by molar-refractivity contribution is 0.385. The van der Waals surface area contributed by atoms with Crippen LogP contribution in [0.5, 0.6) is 0 Å². The number of halogens is 1. The first kappa shape index (κ1) is 12.3. The van der Waals surface area contributed by atoms with E-state index in [4.69, 9.17) is 5.73 Å². The summed E-state index contributed by atoms with van der Waals surface area (Å²) < 4.78 is 13.2. The molecule has 0 spiro atoms. The molecule has 3 N–H and O–H groups in total. The highest BCUT2D eigenvalue weighted by Crippen LogP contribution is 2.31. The normalized spacial score (nSPS) is 23.5. The SMILES string of the molecule is NC1CCC(c2nc(-c3cccc(F)c3)n[nH]2)CC1. The van der Waals surface area contributed by atoms with Gasteiger partial charge in [-0.05, 0) is 37.8 Å². The fourth-order valence-electron chi connectivity index (χ4n) is 2.61. The second-order valence-electron chi connectivity index (χ2n) is 5.17. The van der Waals surface area contributed by atoms with Crippen LogP contribution in [0, 0.1) is 5.82 Å². The van der Waals surface area contributed by atoms with Gasteiger partial charge >= 0.3 is 0 Å². The number of nitrogens with zero attached hydrogens (tertiary/aromatic N) is 2. The van der Waals surface area contributed by atoms with Crippen molar-refractivity contribution in [3.8, 4) is 11.4 Å². The Morgan fingerprint density at radius 2 is 2.00 bits per heavy atom. The molecule has 1 aliphatic carbocycles. The van der Waals surface area contributed by atoms with E-state index in [9.17, 15) is 4.39 Å². The van der Waals surface area contributed by atoms with Gasteiger partial charge in [-0.1, -0.05) is 12.1 Å². The molecular formula is C14H17FN4. The number of hydrogen-bond acceptors (Lipinski definition) is 3. The van der Waals surface area contributed by atoms with Crippen LogP contribution in [0.25, 0.3) is 11.4 Å². The zero-order chi connectivity index (χ0) is 13.2. The van der Waals surface area contributed by atoms with Crippen molar-refractivity contribution in [2.24, 2.45) is 5.73 Å². The van der Waals surface area contributed by atoms with Gasteiger partial charge in [0.05, 0.1) is 0 Å². The Bertz CT molecular complexity index is 558. The molecule has 1 fully saturated rings. The van der Waals surface area contributed by atoms with E-state index in [1.54, 1.807) is 6.07 Å². The number of rotatable bonds is 2. The van der Waals surface area contributed by atoms with Gasteiger partial charge in [0.25, 0.3) is 0 Å². The minimum Gasteiger partial charge on any atom is -0.328 e. The van der Waals surface area contributed by atoms with Crippen molar-refractivity contribution in [3.63, 3.8) is 0 Å². The Kier molecular flexibility index (Phi) is 3.29. The van der Waals surface area contributed by atoms with Gasteiger partial charge in [0, 0.05) is 17.5 Å². The Balaban J connectivity index is 1.80. The van der Waals surface area contributed by atoms with Crippen molar-refractivity contribution in [1.82, 2.24) is 15.2 Å². The number of hydrogen-bond donors (Lipinski definition) is 2. The molecule has 2 aromatic rings. The minimum absolute atomic E-state index is 0.271. The van der Waals surface area contributed by atoms with Crippen LogP contribution in [-0.2, 0) is 0 Å². The number of nitrogens with one attached hydrogen (secondary N) is 1. The molecule has 1 saturated carbocycles. The average molecular weight is 260 g/mol. The van der Waals surface area contributed by atoms with Crippen LogP contribution in [0.2, 0.25) is 0 Å². The van der Waals surface area contributed by atoms with Crippen LogP contribution in [0.4, 0.5) is 4.39 Å². The predicted molar refractivity (Wildman–Crippen MR) is 71.0 cm³/mol. The lowest BCUT2D eigenvalue weighted by atomic mass is 9.86. The van der Waals surface area contributed by atoms with E-state index in [-0.39, 0.29) is 5.82 Å². The summed E-state index contributed by atoms with van der Waals surface area (Å²) >= 11 is 0. The van der Waals surface area contributed by atoms with Crippen molar-refractivity contribution >= 4 is 0 Å². The average Bonchev–Trinajstić information content (AvgIpc) is 2.89. The molecule has 0 aliphatic heterocycles. The largest absolute Gasteiger partial charge is 0.328 e. The molecule has 100 valence electrons. The van der Waals surface area contributed by atoms with Gasteiger partial charge < -0.3 is 5.73 Å². The molecule has 0 bridgehead atoms. The molecule has 4 nitrogen and oxygen atoms in total. The van der Waals surface area contributed by atoms with E-state index in [1.165, 1.54) is 12.1 Å². The molecule has 1 aliphatic rings. The maximum Gasteiger partial charge on any atom is 0.181 e. The van der Waals surface area contributed by atoms with Crippen LogP contribution in [0.1, 0.15) is 37.4 Å². The van der Waals surface area contributed by atoms with E-state index in [0.29, 0.717) is 23.3 Å².